The number of nitrogens with one attached hydrogen (secondary N) is 1. The minimum absolute atomic E-state index is 0.0365. The van der Waals surface area contributed by atoms with Crippen LogP contribution in [-0.4, -0.2) is 30.5 Å². The second kappa shape index (κ2) is 7.56. The van der Waals surface area contributed by atoms with Crippen molar-refractivity contribution in [3.05, 3.63) is 64.4 Å². The molecule has 0 unspecified atom stereocenters. The standard InChI is InChI=1S/C18H14N2O7/c1-25-12-6-7-13(14(9-12)20(23)24)19-17(21)10-26-18(22)16-8-11-4-2-3-5-15(11)27-16/h2-9H,10H2,1H3,(H,19,21). The molecule has 27 heavy (non-hydrogen) atoms. The van der Waals surface area contributed by atoms with Crippen LogP contribution in [0.1, 0.15) is 10.6 Å². The van der Waals surface area contributed by atoms with Crippen LogP contribution in [-0.2, 0) is 9.53 Å². The molecule has 1 heterocycles. The number of ether oxygens (including phenoxy) is 2. The van der Waals surface area contributed by atoms with E-state index >= 15 is 0 Å². The molecular formula is C18H14N2O7. The number of esters is 1. The predicted molar refractivity (Wildman–Crippen MR) is 94.8 cm³/mol. The van der Waals surface area contributed by atoms with Gasteiger partial charge in [0.1, 0.15) is 17.0 Å². The van der Waals surface area contributed by atoms with Crippen LogP contribution in [0.2, 0.25) is 0 Å². The molecule has 9 nitrogen and oxygen atoms in total. The Labute approximate surface area is 152 Å². The van der Waals surface area contributed by atoms with Gasteiger partial charge in [0.05, 0.1) is 18.1 Å². The lowest BCUT2D eigenvalue weighted by Gasteiger charge is -2.07. The van der Waals surface area contributed by atoms with Crippen LogP contribution >= 0.6 is 0 Å². The topological polar surface area (TPSA) is 121 Å². The lowest BCUT2D eigenvalue weighted by Crippen LogP contribution is -2.21. The van der Waals surface area contributed by atoms with E-state index in [-0.39, 0.29) is 22.9 Å². The van der Waals surface area contributed by atoms with Crippen molar-refractivity contribution in [2.45, 2.75) is 0 Å². The number of amides is 1. The molecular weight excluding hydrogens is 356 g/mol. The van der Waals surface area contributed by atoms with Gasteiger partial charge in [0.2, 0.25) is 5.76 Å². The molecule has 0 atom stereocenters. The van der Waals surface area contributed by atoms with Gasteiger partial charge >= 0.3 is 5.97 Å². The van der Waals surface area contributed by atoms with Crippen molar-refractivity contribution in [1.29, 1.82) is 0 Å². The number of furan rings is 1. The van der Waals surface area contributed by atoms with E-state index in [0.29, 0.717) is 5.58 Å². The van der Waals surface area contributed by atoms with Gasteiger partial charge in [0.15, 0.2) is 6.61 Å². The summed E-state index contributed by atoms with van der Waals surface area (Å²) in [6.45, 7) is -0.626. The van der Waals surface area contributed by atoms with Crippen molar-refractivity contribution in [3.63, 3.8) is 0 Å². The number of anilines is 1. The zero-order valence-corrected chi connectivity index (χ0v) is 14.1. The molecule has 2 aromatic carbocycles. The molecule has 1 aromatic heterocycles. The number of carbonyl (C=O) groups is 2. The molecule has 0 aliphatic rings. The molecule has 0 aliphatic heterocycles. The minimum atomic E-state index is -0.814. The quantitative estimate of drug-likeness (QED) is 0.402. The number of carbonyl (C=O) groups excluding carboxylic acids is 2. The Bertz CT molecular complexity index is 992. The summed E-state index contributed by atoms with van der Waals surface area (Å²) < 4.78 is 15.2. The van der Waals surface area contributed by atoms with Crippen molar-refractivity contribution in [1.82, 2.24) is 0 Å². The maximum atomic E-state index is 12.0. The number of hydrogen-bond donors (Lipinski definition) is 1. The average molecular weight is 370 g/mol. The number of nitro groups is 1. The van der Waals surface area contributed by atoms with Gasteiger partial charge in [-0.15, -0.1) is 0 Å². The van der Waals surface area contributed by atoms with E-state index in [9.17, 15) is 19.7 Å². The first-order valence-corrected chi connectivity index (χ1v) is 7.76. The van der Waals surface area contributed by atoms with Crippen molar-refractivity contribution < 1.29 is 28.4 Å². The van der Waals surface area contributed by atoms with Crippen molar-refractivity contribution in [2.75, 3.05) is 19.0 Å². The SMILES string of the molecule is COc1ccc(NC(=O)COC(=O)c2cc3ccccc3o2)c([N+](=O)[O-])c1. The first-order chi connectivity index (χ1) is 13.0. The lowest BCUT2D eigenvalue weighted by molar-refractivity contribution is -0.384. The van der Waals surface area contributed by atoms with Crippen LogP contribution in [0.25, 0.3) is 11.0 Å². The fraction of sp³-hybridized carbons (Fsp3) is 0.111. The monoisotopic (exact) mass is 370 g/mol. The van der Waals surface area contributed by atoms with E-state index in [1.807, 2.05) is 0 Å². The van der Waals surface area contributed by atoms with Gasteiger partial charge in [-0.1, -0.05) is 18.2 Å². The molecule has 3 rings (SSSR count). The Morgan fingerprint density at radius 1 is 1.19 bits per heavy atom. The van der Waals surface area contributed by atoms with Crippen LogP contribution in [0.3, 0.4) is 0 Å². The van der Waals surface area contributed by atoms with E-state index in [1.54, 1.807) is 24.3 Å². The Hall–Kier alpha value is -3.88. The third-order valence-electron chi connectivity index (χ3n) is 3.64. The zero-order chi connectivity index (χ0) is 19.4. The zero-order valence-electron chi connectivity index (χ0n) is 14.1. The molecule has 0 aliphatic carbocycles. The Morgan fingerprint density at radius 2 is 1.96 bits per heavy atom. The van der Waals surface area contributed by atoms with Crippen molar-refractivity contribution in [3.8, 4) is 5.75 Å². The Balaban J connectivity index is 1.64. The van der Waals surface area contributed by atoms with E-state index in [2.05, 4.69) is 5.32 Å². The normalized spacial score (nSPS) is 10.4. The number of benzene rings is 2. The van der Waals surface area contributed by atoms with E-state index < -0.39 is 23.4 Å². The summed E-state index contributed by atoms with van der Waals surface area (Å²) in [6, 6.07) is 12.5. The molecule has 0 bridgehead atoms. The first kappa shape index (κ1) is 17.9. The van der Waals surface area contributed by atoms with Gasteiger partial charge in [-0.3, -0.25) is 14.9 Å². The molecule has 0 fully saturated rings. The fourth-order valence-corrected chi connectivity index (χ4v) is 2.37. The summed E-state index contributed by atoms with van der Waals surface area (Å²) in [7, 11) is 1.37. The molecule has 9 heteroatoms. The molecule has 0 saturated heterocycles. The molecule has 0 radical (unpaired) electrons. The Kier molecular flexibility index (Phi) is 5.02. The lowest BCUT2D eigenvalue weighted by atomic mass is 10.2. The number of para-hydroxylation sites is 1. The second-order valence-corrected chi connectivity index (χ2v) is 5.41. The van der Waals surface area contributed by atoms with Crippen LogP contribution in [0, 0.1) is 10.1 Å². The predicted octanol–water partition coefficient (Wildman–Crippen LogP) is 3.15. The van der Waals surface area contributed by atoms with Crippen LogP contribution in [0.4, 0.5) is 11.4 Å². The third kappa shape index (κ3) is 4.03. The molecule has 0 spiro atoms. The molecule has 1 N–H and O–H groups in total. The number of rotatable bonds is 6. The van der Waals surface area contributed by atoms with Crippen molar-refractivity contribution >= 4 is 34.2 Å². The second-order valence-electron chi connectivity index (χ2n) is 5.41. The molecule has 0 saturated carbocycles. The van der Waals surface area contributed by atoms with Crippen LogP contribution in [0.5, 0.6) is 5.75 Å². The van der Waals surface area contributed by atoms with Gasteiger partial charge in [-0.2, -0.15) is 0 Å². The smallest absolute Gasteiger partial charge is 0.374 e. The number of fused-ring (bicyclic) bond motifs is 1. The minimum Gasteiger partial charge on any atom is -0.496 e. The third-order valence-corrected chi connectivity index (χ3v) is 3.64. The summed E-state index contributed by atoms with van der Waals surface area (Å²) in [6.07, 6.45) is 0. The largest absolute Gasteiger partial charge is 0.496 e. The van der Waals surface area contributed by atoms with E-state index in [1.165, 1.54) is 31.4 Å². The van der Waals surface area contributed by atoms with Crippen LogP contribution in [0.15, 0.2) is 52.9 Å². The first-order valence-electron chi connectivity index (χ1n) is 7.76. The van der Waals surface area contributed by atoms with Crippen LogP contribution < -0.4 is 10.1 Å². The summed E-state index contributed by atoms with van der Waals surface area (Å²) in [4.78, 5) is 34.4. The molecule has 3 aromatic rings. The highest BCUT2D eigenvalue weighted by Gasteiger charge is 2.19. The Morgan fingerprint density at radius 3 is 2.67 bits per heavy atom. The summed E-state index contributed by atoms with van der Waals surface area (Å²) in [5, 5.41) is 14.2. The van der Waals surface area contributed by atoms with Gasteiger partial charge in [-0.05, 0) is 24.3 Å². The van der Waals surface area contributed by atoms with Gasteiger partial charge < -0.3 is 19.2 Å². The highest BCUT2D eigenvalue weighted by molar-refractivity contribution is 5.97. The van der Waals surface area contributed by atoms with Gasteiger partial charge in [0, 0.05) is 5.39 Å². The number of nitro benzene ring substituents is 1. The summed E-state index contributed by atoms with van der Waals surface area (Å²) >= 11 is 0. The van der Waals surface area contributed by atoms with Crippen molar-refractivity contribution in [2.24, 2.45) is 0 Å². The number of methoxy groups -OCH3 is 1. The summed E-state index contributed by atoms with van der Waals surface area (Å²) in [5.41, 5.74) is 0.139. The average Bonchev–Trinajstić information content (AvgIpc) is 3.10. The fourth-order valence-electron chi connectivity index (χ4n) is 2.37. The van der Waals surface area contributed by atoms with Gasteiger partial charge in [0.25, 0.3) is 11.6 Å². The molecule has 1 amide bonds. The summed E-state index contributed by atoms with van der Waals surface area (Å²) in [5.74, 6) is -1.31. The maximum Gasteiger partial charge on any atom is 0.374 e. The number of nitrogens with zero attached hydrogens (tertiary/aromatic N) is 1. The van der Waals surface area contributed by atoms with E-state index in [0.717, 1.165) is 5.39 Å². The highest BCUT2D eigenvalue weighted by atomic mass is 16.6. The number of hydrogen-bond acceptors (Lipinski definition) is 7. The molecule has 138 valence electrons. The van der Waals surface area contributed by atoms with E-state index in [4.69, 9.17) is 13.9 Å². The maximum absolute atomic E-state index is 12.0. The van der Waals surface area contributed by atoms with Gasteiger partial charge in [-0.25, -0.2) is 4.79 Å². The highest BCUT2D eigenvalue weighted by Crippen LogP contribution is 2.28.